The summed E-state index contributed by atoms with van der Waals surface area (Å²) >= 11 is 0. The minimum absolute atomic E-state index is 0.132. The van der Waals surface area contributed by atoms with E-state index >= 15 is 0 Å². The first kappa shape index (κ1) is 16.5. The van der Waals surface area contributed by atoms with Crippen LogP contribution >= 0.6 is 0 Å². The van der Waals surface area contributed by atoms with Crippen molar-refractivity contribution in [3.8, 4) is 11.5 Å². The number of amides is 1. The van der Waals surface area contributed by atoms with Gasteiger partial charge in [-0.25, -0.2) is 4.79 Å². The minimum atomic E-state index is -0.451. The zero-order chi connectivity index (χ0) is 16.2. The topological polar surface area (TPSA) is 48.0 Å². The van der Waals surface area contributed by atoms with Gasteiger partial charge in [-0.2, -0.15) is 0 Å². The largest absolute Gasteiger partial charge is 0.497 e. The van der Waals surface area contributed by atoms with Gasteiger partial charge in [0.25, 0.3) is 0 Å². The lowest BCUT2D eigenvalue weighted by molar-refractivity contribution is 0.0126. The lowest BCUT2D eigenvalue weighted by Gasteiger charge is -2.33. The highest BCUT2D eigenvalue weighted by Crippen LogP contribution is 2.22. The van der Waals surface area contributed by atoms with Crippen molar-refractivity contribution in [2.75, 3.05) is 20.2 Å². The molecule has 0 spiro atoms. The fraction of sp³-hybridized carbons (Fsp3) is 0.588. The molecule has 1 saturated heterocycles. The molecule has 5 nitrogen and oxygen atoms in total. The Morgan fingerprint density at radius 1 is 1.09 bits per heavy atom. The van der Waals surface area contributed by atoms with Crippen LogP contribution in [0.4, 0.5) is 4.79 Å². The van der Waals surface area contributed by atoms with Crippen molar-refractivity contribution in [1.29, 1.82) is 0 Å². The second-order valence-corrected chi connectivity index (χ2v) is 6.46. The minimum Gasteiger partial charge on any atom is -0.497 e. The Morgan fingerprint density at radius 2 is 1.64 bits per heavy atom. The molecule has 0 radical (unpaired) electrons. The Balaban J connectivity index is 1.80. The number of ether oxygens (including phenoxy) is 3. The average Bonchev–Trinajstić information content (AvgIpc) is 2.47. The van der Waals surface area contributed by atoms with Gasteiger partial charge in [-0.1, -0.05) is 0 Å². The second kappa shape index (κ2) is 6.90. The molecule has 0 unspecified atom stereocenters. The van der Waals surface area contributed by atoms with Crippen molar-refractivity contribution in [3.05, 3.63) is 24.3 Å². The van der Waals surface area contributed by atoms with Gasteiger partial charge in [-0.3, -0.25) is 0 Å². The molecule has 2 rings (SSSR count). The van der Waals surface area contributed by atoms with Crippen LogP contribution in [0, 0.1) is 0 Å². The van der Waals surface area contributed by atoms with Crippen molar-refractivity contribution in [1.82, 2.24) is 4.90 Å². The van der Waals surface area contributed by atoms with Gasteiger partial charge >= 0.3 is 6.09 Å². The van der Waals surface area contributed by atoms with E-state index in [2.05, 4.69) is 0 Å². The smallest absolute Gasteiger partial charge is 0.410 e. The standard InChI is InChI=1S/C17H25NO4/c1-17(2,3)22-16(19)18-11-9-15(10-12-18)21-14-7-5-13(20-4)6-8-14/h5-8,15H,9-12H2,1-4H3. The van der Waals surface area contributed by atoms with Crippen LogP contribution < -0.4 is 9.47 Å². The predicted molar refractivity (Wildman–Crippen MR) is 84.5 cm³/mol. The number of methoxy groups -OCH3 is 1. The summed E-state index contributed by atoms with van der Waals surface area (Å²) in [6.07, 6.45) is 1.51. The molecule has 1 heterocycles. The third-order valence-electron chi connectivity index (χ3n) is 3.46. The summed E-state index contributed by atoms with van der Waals surface area (Å²) < 4.78 is 16.5. The number of hydrogen-bond acceptors (Lipinski definition) is 4. The normalized spacial score (nSPS) is 16.3. The van der Waals surface area contributed by atoms with Crippen LogP contribution in [0.3, 0.4) is 0 Å². The molecule has 1 aliphatic heterocycles. The highest BCUT2D eigenvalue weighted by Gasteiger charge is 2.27. The van der Waals surface area contributed by atoms with Crippen LogP contribution in [0.5, 0.6) is 11.5 Å². The SMILES string of the molecule is COc1ccc(OC2CCN(C(=O)OC(C)(C)C)CC2)cc1. The Morgan fingerprint density at radius 3 is 2.14 bits per heavy atom. The van der Waals surface area contributed by atoms with Crippen LogP contribution in [0.15, 0.2) is 24.3 Å². The highest BCUT2D eigenvalue weighted by molar-refractivity contribution is 5.68. The Kier molecular flexibility index (Phi) is 5.16. The summed E-state index contributed by atoms with van der Waals surface area (Å²) in [7, 11) is 1.64. The molecular weight excluding hydrogens is 282 g/mol. The van der Waals surface area contributed by atoms with Gasteiger partial charge in [-0.15, -0.1) is 0 Å². The van der Waals surface area contributed by atoms with Crippen LogP contribution in [0.1, 0.15) is 33.6 Å². The number of piperidine rings is 1. The number of benzene rings is 1. The van der Waals surface area contributed by atoms with Crippen molar-refractivity contribution >= 4 is 6.09 Å². The molecule has 0 saturated carbocycles. The maximum atomic E-state index is 12.0. The second-order valence-electron chi connectivity index (χ2n) is 6.46. The lowest BCUT2D eigenvalue weighted by atomic mass is 10.1. The molecule has 0 aliphatic carbocycles. The number of hydrogen-bond donors (Lipinski definition) is 0. The van der Waals surface area contributed by atoms with Crippen LogP contribution in [0.25, 0.3) is 0 Å². The maximum Gasteiger partial charge on any atom is 0.410 e. The number of rotatable bonds is 3. The van der Waals surface area contributed by atoms with Gasteiger partial charge < -0.3 is 19.1 Å². The average molecular weight is 307 g/mol. The fourth-order valence-electron chi connectivity index (χ4n) is 2.33. The quantitative estimate of drug-likeness (QED) is 0.858. The molecule has 22 heavy (non-hydrogen) atoms. The first-order chi connectivity index (χ1) is 10.4. The monoisotopic (exact) mass is 307 g/mol. The summed E-state index contributed by atoms with van der Waals surface area (Å²) in [6.45, 7) is 6.96. The summed E-state index contributed by atoms with van der Waals surface area (Å²) in [6, 6.07) is 7.56. The van der Waals surface area contributed by atoms with E-state index in [4.69, 9.17) is 14.2 Å². The zero-order valence-electron chi connectivity index (χ0n) is 13.8. The Labute approximate surface area is 132 Å². The molecule has 0 N–H and O–H groups in total. The lowest BCUT2D eigenvalue weighted by Crippen LogP contribution is -2.44. The first-order valence-corrected chi connectivity index (χ1v) is 7.66. The van der Waals surface area contributed by atoms with Gasteiger partial charge in [0.15, 0.2) is 0 Å². The van der Waals surface area contributed by atoms with E-state index in [0.29, 0.717) is 13.1 Å². The molecular formula is C17H25NO4. The van der Waals surface area contributed by atoms with Crippen molar-refractivity contribution < 1.29 is 19.0 Å². The number of carbonyl (C=O) groups is 1. The van der Waals surface area contributed by atoms with Crippen LogP contribution in [-0.2, 0) is 4.74 Å². The van der Waals surface area contributed by atoms with Crippen molar-refractivity contribution in [2.24, 2.45) is 0 Å². The summed E-state index contributed by atoms with van der Waals surface area (Å²) in [5, 5.41) is 0. The van der Waals surface area contributed by atoms with Gasteiger partial charge in [0.1, 0.15) is 23.2 Å². The van der Waals surface area contributed by atoms with Crippen LogP contribution in [0.2, 0.25) is 0 Å². The molecule has 1 aliphatic rings. The number of nitrogens with zero attached hydrogens (tertiary/aromatic N) is 1. The molecule has 0 aromatic heterocycles. The fourth-order valence-corrected chi connectivity index (χ4v) is 2.33. The third kappa shape index (κ3) is 4.83. The molecule has 0 atom stereocenters. The maximum absolute atomic E-state index is 12.0. The molecule has 5 heteroatoms. The number of likely N-dealkylation sites (tertiary alicyclic amines) is 1. The first-order valence-electron chi connectivity index (χ1n) is 7.66. The van der Waals surface area contributed by atoms with E-state index < -0.39 is 5.60 Å². The Bertz CT molecular complexity index is 484. The molecule has 0 bridgehead atoms. The number of carbonyl (C=O) groups excluding carboxylic acids is 1. The molecule has 1 aromatic carbocycles. The highest BCUT2D eigenvalue weighted by atomic mass is 16.6. The van der Waals surface area contributed by atoms with Gasteiger partial charge in [0.05, 0.1) is 7.11 Å². The van der Waals surface area contributed by atoms with Gasteiger partial charge in [0.2, 0.25) is 0 Å². The summed E-state index contributed by atoms with van der Waals surface area (Å²) in [4.78, 5) is 13.7. The van der Waals surface area contributed by atoms with E-state index in [0.717, 1.165) is 24.3 Å². The molecule has 1 fully saturated rings. The van der Waals surface area contributed by atoms with Gasteiger partial charge in [-0.05, 0) is 45.0 Å². The van der Waals surface area contributed by atoms with Crippen molar-refractivity contribution in [3.63, 3.8) is 0 Å². The predicted octanol–water partition coefficient (Wildman–Crippen LogP) is 3.47. The molecule has 122 valence electrons. The third-order valence-corrected chi connectivity index (χ3v) is 3.46. The Hall–Kier alpha value is -1.91. The van der Waals surface area contributed by atoms with E-state index in [1.54, 1.807) is 12.0 Å². The van der Waals surface area contributed by atoms with E-state index in [9.17, 15) is 4.79 Å². The van der Waals surface area contributed by atoms with Gasteiger partial charge in [0, 0.05) is 25.9 Å². The molecule has 1 aromatic rings. The van der Waals surface area contributed by atoms with E-state index in [-0.39, 0.29) is 12.2 Å². The summed E-state index contributed by atoms with van der Waals surface area (Å²) in [5.74, 6) is 1.64. The van der Waals surface area contributed by atoms with Crippen molar-refractivity contribution in [2.45, 2.75) is 45.3 Å². The zero-order valence-corrected chi connectivity index (χ0v) is 13.8. The summed E-state index contributed by atoms with van der Waals surface area (Å²) in [5.41, 5.74) is -0.451. The van der Waals surface area contributed by atoms with E-state index in [1.165, 1.54) is 0 Å². The van der Waals surface area contributed by atoms with E-state index in [1.807, 2.05) is 45.0 Å². The molecule has 1 amide bonds. The van der Waals surface area contributed by atoms with Crippen LogP contribution in [-0.4, -0.2) is 42.9 Å².